The fraction of sp³-hybridized carbons (Fsp3) is 1.00. The van der Waals surface area contributed by atoms with Gasteiger partial charge in [0, 0.05) is 6.04 Å². The van der Waals surface area contributed by atoms with Crippen molar-refractivity contribution in [3.8, 4) is 0 Å². The summed E-state index contributed by atoms with van der Waals surface area (Å²) >= 11 is 0. The molecule has 0 aromatic rings. The van der Waals surface area contributed by atoms with Gasteiger partial charge in [-0.1, -0.05) is 40.5 Å². The Morgan fingerprint density at radius 1 is 0.944 bits per heavy atom. The minimum absolute atomic E-state index is 0.777. The van der Waals surface area contributed by atoms with Crippen LogP contribution in [0.1, 0.15) is 66.2 Å². The SMILES string of the molecule is CCC(CC)N(C)CCCCCCNCC(C)C. The summed E-state index contributed by atoms with van der Waals surface area (Å²) in [6, 6.07) is 0.790. The maximum atomic E-state index is 3.51. The van der Waals surface area contributed by atoms with Crippen molar-refractivity contribution >= 4 is 0 Å². The van der Waals surface area contributed by atoms with E-state index in [-0.39, 0.29) is 0 Å². The molecule has 2 nitrogen and oxygen atoms in total. The largest absolute Gasteiger partial charge is 0.316 e. The highest BCUT2D eigenvalue weighted by Gasteiger charge is 2.08. The van der Waals surface area contributed by atoms with Crippen LogP contribution in [0.5, 0.6) is 0 Å². The molecule has 0 spiro atoms. The van der Waals surface area contributed by atoms with Crippen molar-refractivity contribution in [1.82, 2.24) is 10.2 Å². The summed E-state index contributed by atoms with van der Waals surface area (Å²) in [4.78, 5) is 2.54. The van der Waals surface area contributed by atoms with E-state index in [0.29, 0.717) is 0 Å². The Hall–Kier alpha value is -0.0800. The van der Waals surface area contributed by atoms with Crippen molar-refractivity contribution in [2.45, 2.75) is 72.3 Å². The number of rotatable bonds is 12. The van der Waals surface area contributed by atoms with Gasteiger partial charge in [0.1, 0.15) is 0 Å². The van der Waals surface area contributed by atoms with Crippen molar-refractivity contribution in [1.29, 1.82) is 0 Å². The van der Waals surface area contributed by atoms with Crippen LogP contribution in [0.4, 0.5) is 0 Å². The topological polar surface area (TPSA) is 15.3 Å². The minimum Gasteiger partial charge on any atom is -0.316 e. The van der Waals surface area contributed by atoms with Crippen molar-refractivity contribution in [3.05, 3.63) is 0 Å². The number of hydrogen-bond donors (Lipinski definition) is 1. The molecule has 18 heavy (non-hydrogen) atoms. The molecule has 0 amide bonds. The molecule has 0 atom stereocenters. The van der Waals surface area contributed by atoms with Crippen molar-refractivity contribution in [3.63, 3.8) is 0 Å². The van der Waals surface area contributed by atoms with E-state index in [9.17, 15) is 0 Å². The van der Waals surface area contributed by atoms with Gasteiger partial charge in [0.2, 0.25) is 0 Å². The molecule has 0 rings (SSSR count). The predicted octanol–water partition coefficient (Wildman–Crippen LogP) is 3.91. The van der Waals surface area contributed by atoms with E-state index in [1.807, 2.05) is 0 Å². The van der Waals surface area contributed by atoms with Gasteiger partial charge in [-0.2, -0.15) is 0 Å². The van der Waals surface area contributed by atoms with Gasteiger partial charge in [-0.3, -0.25) is 0 Å². The molecule has 0 aromatic heterocycles. The second-order valence-corrected chi connectivity index (χ2v) is 5.96. The van der Waals surface area contributed by atoms with Crippen LogP contribution in [-0.4, -0.2) is 37.6 Å². The molecular weight excluding hydrogens is 220 g/mol. The average Bonchev–Trinajstić information content (AvgIpc) is 2.33. The van der Waals surface area contributed by atoms with Crippen molar-refractivity contribution < 1.29 is 0 Å². The lowest BCUT2D eigenvalue weighted by Crippen LogP contribution is -2.31. The Morgan fingerprint density at radius 3 is 2.11 bits per heavy atom. The Kier molecular flexibility index (Phi) is 11.9. The van der Waals surface area contributed by atoms with Gasteiger partial charge in [-0.25, -0.2) is 0 Å². The summed E-state index contributed by atoms with van der Waals surface area (Å²) < 4.78 is 0. The van der Waals surface area contributed by atoms with Crippen LogP contribution in [-0.2, 0) is 0 Å². The lowest BCUT2D eigenvalue weighted by atomic mass is 10.1. The number of nitrogens with zero attached hydrogens (tertiary/aromatic N) is 1. The number of nitrogens with one attached hydrogen (secondary N) is 1. The minimum atomic E-state index is 0.777. The van der Waals surface area contributed by atoms with Gasteiger partial charge in [-0.15, -0.1) is 0 Å². The van der Waals surface area contributed by atoms with Gasteiger partial charge >= 0.3 is 0 Å². The average molecular weight is 256 g/mol. The van der Waals surface area contributed by atoms with Crippen LogP contribution in [0.3, 0.4) is 0 Å². The van der Waals surface area contributed by atoms with Crippen LogP contribution >= 0.6 is 0 Å². The molecule has 0 aromatic carbocycles. The molecule has 0 fully saturated rings. The van der Waals surface area contributed by atoms with E-state index < -0.39 is 0 Å². The zero-order valence-electron chi connectivity index (χ0n) is 13.5. The molecule has 0 heterocycles. The predicted molar refractivity (Wildman–Crippen MR) is 83.2 cm³/mol. The third-order valence-corrected chi connectivity index (χ3v) is 3.73. The lowest BCUT2D eigenvalue weighted by molar-refractivity contribution is 0.225. The third-order valence-electron chi connectivity index (χ3n) is 3.73. The fourth-order valence-corrected chi connectivity index (χ4v) is 2.45. The van der Waals surface area contributed by atoms with E-state index in [2.05, 4.69) is 45.0 Å². The third kappa shape index (κ3) is 9.90. The van der Waals surface area contributed by atoms with Gasteiger partial charge in [0.05, 0.1) is 0 Å². The first-order valence-corrected chi connectivity index (χ1v) is 8.02. The first-order valence-electron chi connectivity index (χ1n) is 8.02. The van der Waals surface area contributed by atoms with E-state index in [4.69, 9.17) is 0 Å². The second kappa shape index (κ2) is 12.0. The molecule has 0 unspecified atom stereocenters. The molecule has 0 aliphatic carbocycles. The molecular formula is C16H36N2. The molecule has 0 radical (unpaired) electrons. The Bertz CT molecular complexity index is 164. The number of hydrogen-bond acceptors (Lipinski definition) is 2. The maximum Gasteiger partial charge on any atom is 0.00869 e. The molecule has 0 bridgehead atoms. The fourth-order valence-electron chi connectivity index (χ4n) is 2.45. The highest BCUT2D eigenvalue weighted by atomic mass is 15.1. The summed E-state index contributed by atoms with van der Waals surface area (Å²) in [5.74, 6) is 0.777. The standard InChI is InChI=1S/C16H36N2/c1-6-16(7-2)18(5)13-11-9-8-10-12-17-14-15(3)4/h15-17H,6-14H2,1-5H3. The number of unbranched alkanes of at least 4 members (excludes halogenated alkanes) is 3. The zero-order valence-corrected chi connectivity index (χ0v) is 13.5. The summed E-state index contributed by atoms with van der Waals surface area (Å²) in [5.41, 5.74) is 0. The highest BCUT2D eigenvalue weighted by Crippen LogP contribution is 2.08. The van der Waals surface area contributed by atoms with Crippen LogP contribution in [0.15, 0.2) is 0 Å². The first-order chi connectivity index (χ1) is 8.61. The van der Waals surface area contributed by atoms with E-state index in [1.54, 1.807) is 0 Å². The molecule has 1 N–H and O–H groups in total. The monoisotopic (exact) mass is 256 g/mol. The maximum absolute atomic E-state index is 3.51. The second-order valence-electron chi connectivity index (χ2n) is 5.96. The van der Waals surface area contributed by atoms with Crippen molar-refractivity contribution in [2.75, 3.05) is 26.7 Å². The Balaban J connectivity index is 3.29. The van der Waals surface area contributed by atoms with Gasteiger partial charge < -0.3 is 10.2 Å². The summed E-state index contributed by atoms with van der Waals surface area (Å²) in [7, 11) is 2.28. The van der Waals surface area contributed by atoms with E-state index in [0.717, 1.165) is 18.5 Å². The quantitative estimate of drug-likeness (QED) is 0.533. The molecule has 110 valence electrons. The lowest BCUT2D eigenvalue weighted by Gasteiger charge is -2.25. The molecule has 0 saturated carbocycles. The van der Waals surface area contributed by atoms with Gasteiger partial charge in [0.15, 0.2) is 0 Å². The molecule has 2 heteroatoms. The summed E-state index contributed by atoms with van der Waals surface area (Å²) in [6.07, 6.45) is 8.02. The summed E-state index contributed by atoms with van der Waals surface area (Å²) in [6.45, 7) is 12.8. The van der Waals surface area contributed by atoms with Crippen LogP contribution in [0.2, 0.25) is 0 Å². The Labute approximate surface area is 116 Å². The highest BCUT2D eigenvalue weighted by molar-refractivity contribution is 4.64. The van der Waals surface area contributed by atoms with E-state index in [1.165, 1.54) is 51.6 Å². The van der Waals surface area contributed by atoms with Crippen molar-refractivity contribution in [2.24, 2.45) is 5.92 Å². The molecule has 0 aliphatic heterocycles. The van der Waals surface area contributed by atoms with Gasteiger partial charge in [-0.05, 0) is 58.3 Å². The van der Waals surface area contributed by atoms with Gasteiger partial charge in [0.25, 0.3) is 0 Å². The first kappa shape index (κ1) is 17.9. The van der Waals surface area contributed by atoms with Crippen LogP contribution in [0, 0.1) is 5.92 Å². The normalized spacial score (nSPS) is 12.0. The molecule has 0 saturated heterocycles. The van der Waals surface area contributed by atoms with Crippen LogP contribution in [0.25, 0.3) is 0 Å². The Morgan fingerprint density at radius 2 is 1.56 bits per heavy atom. The van der Waals surface area contributed by atoms with E-state index >= 15 is 0 Å². The summed E-state index contributed by atoms with van der Waals surface area (Å²) in [5, 5.41) is 3.51. The van der Waals surface area contributed by atoms with Crippen LogP contribution < -0.4 is 5.32 Å². The molecule has 0 aliphatic rings. The zero-order chi connectivity index (χ0) is 13.8. The smallest absolute Gasteiger partial charge is 0.00869 e.